The molecule has 1 atom stereocenters. The van der Waals surface area contributed by atoms with Crippen molar-refractivity contribution in [2.75, 3.05) is 31.1 Å². The van der Waals surface area contributed by atoms with Crippen molar-refractivity contribution in [3.63, 3.8) is 0 Å². The molecule has 4 rings (SSSR count). The number of anilines is 1. The number of carbonyl (C=O) groups excluding carboxylic acids is 2. The van der Waals surface area contributed by atoms with Crippen LogP contribution >= 0.6 is 0 Å². The summed E-state index contributed by atoms with van der Waals surface area (Å²) in [6.45, 7) is 3.33. The molecule has 0 N–H and O–H groups in total. The van der Waals surface area contributed by atoms with Crippen LogP contribution in [-0.2, 0) is 9.53 Å². The number of morpholine rings is 1. The Hall–Kier alpha value is -2.73. The second kappa shape index (κ2) is 7.95. The van der Waals surface area contributed by atoms with E-state index in [0.29, 0.717) is 37.2 Å². The number of rotatable bonds is 2. The predicted molar refractivity (Wildman–Crippen MR) is 108 cm³/mol. The molecule has 2 fully saturated rings. The van der Waals surface area contributed by atoms with Gasteiger partial charge in [-0.05, 0) is 56.0 Å². The summed E-state index contributed by atoms with van der Waals surface area (Å²) in [5.41, 5.74) is 1.30. The maximum Gasteiger partial charge on any atom is 0.253 e. The highest BCUT2D eigenvalue weighted by atomic mass is 19.1. The van der Waals surface area contributed by atoms with Gasteiger partial charge in [0.2, 0.25) is 0 Å². The fourth-order valence-electron chi connectivity index (χ4n) is 4.14. The van der Waals surface area contributed by atoms with Crippen LogP contribution in [0.2, 0.25) is 0 Å². The van der Waals surface area contributed by atoms with Crippen molar-refractivity contribution in [1.29, 1.82) is 0 Å². The number of amides is 2. The summed E-state index contributed by atoms with van der Waals surface area (Å²) in [6, 6.07) is 14.2. The van der Waals surface area contributed by atoms with Gasteiger partial charge in [0.25, 0.3) is 11.8 Å². The Kier molecular flexibility index (Phi) is 5.37. The van der Waals surface area contributed by atoms with E-state index >= 15 is 0 Å². The normalized spacial score (nSPS) is 22.6. The topological polar surface area (TPSA) is 49.9 Å². The van der Waals surface area contributed by atoms with Gasteiger partial charge in [0, 0.05) is 24.3 Å². The Bertz CT molecular complexity index is 918. The lowest BCUT2D eigenvalue weighted by Gasteiger charge is -2.42. The number of nitrogens with zero attached hydrogens (tertiary/aromatic N) is 2. The fraction of sp³-hybridized carbons (Fsp3) is 0.391. The first-order valence-corrected chi connectivity index (χ1v) is 10.0. The smallest absolute Gasteiger partial charge is 0.253 e. The van der Waals surface area contributed by atoms with E-state index in [1.54, 1.807) is 28.9 Å². The quantitative estimate of drug-likeness (QED) is 0.780. The molecule has 2 saturated heterocycles. The van der Waals surface area contributed by atoms with E-state index in [1.165, 1.54) is 6.07 Å². The molecule has 29 heavy (non-hydrogen) atoms. The van der Waals surface area contributed by atoms with Gasteiger partial charge < -0.3 is 14.5 Å². The van der Waals surface area contributed by atoms with Crippen molar-refractivity contribution in [2.45, 2.75) is 31.8 Å². The van der Waals surface area contributed by atoms with E-state index in [-0.39, 0.29) is 24.2 Å². The van der Waals surface area contributed by atoms with Crippen LogP contribution in [0.3, 0.4) is 0 Å². The van der Waals surface area contributed by atoms with Gasteiger partial charge in [0.1, 0.15) is 12.4 Å². The molecule has 5 nitrogen and oxygen atoms in total. The molecule has 2 aromatic rings. The molecule has 0 aliphatic carbocycles. The minimum atomic E-state index is -0.461. The van der Waals surface area contributed by atoms with Gasteiger partial charge in [-0.15, -0.1) is 0 Å². The lowest BCUT2D eigenvalue weighted by atomic mass is 9.92. The maximum atomic E-state index is 13.9. The first kappa shape index (κ1) is 19.6. The van der Waals surface area contributed by atoms with E-state index < -0.39 is 5.60 Å². The van der Waals surface area contributed by atoms with Gasteiger partial charge in [-0.1, -0.05) is 24.3 Å². The van der Waals surface area contributed by atoms with Gasteiger partial charge in [0.15, 0.2) is 0 Å². The highest BCUT2D eigenvalue weighted by molar-refractivity contribution is 5.95. The molecule has 2 aromatic carbocycles. The summed E-state index contributed by atoms with van der Waals surface area (Å²) in [5, 5.41) is 0. The molecule has 2 aliphatic rings. The molecule has 152 valence electrons. The number of ether oxygens (including phenoxy) is 1. The molecule has 0 saturated carbocycles. The monoisotopic (exact) mass is 396 g/mol. The van der Waals surface area contributed by atoms with E-state index in [0.717, 1.165) is 18.5 Å². The van der Waals surface area contributed by atoms with Crippen LogP contribution in [-0.4, -0.2) is 48.6 Å². The van der Waals surface area contributed by atoms with Crippen molar-refractivity contribution < 1.29 is 18.7 Å². The molecule has 0 aromatic heterocycles. The van der Waals surface area contributed by atoms with Crippen LogP contribution in [0.4, 0.5) is 10.1 Å². The summed E-state index contributed by atoms with van der Waals surface area (Å²) in [6.07, 6.45) is 2.19. The van der Waals surface area contributed by atoms with Crippen LogP contribution < -0.4 is 4.90 Å². The summed E-state index contributed by atoms with van der Waals surface area (Å²) in [7, 11) is 0. The van der Waals surface area contributed by atoms with Gasteiger partial charge in [-0.3, -0.25) is 9.59 Å². The number of carbonyl (C=O) groups is 2. The van der Waals surface area contributed by atoms with Crippen LogP contribution in [0.5, 0.6) is 0 Å². The summed E-state index contributed by atoms with van der Waals surface area (Å²) >= 11 is 0. The third kappa shape index (κ3) is 4.03. The van der Waals surface area contributed by atoms with Crippen LogP contribution in [0.15, 0.2) is 48.5 Å². The van der Waals surface area contributed by atoms with Gasteiger partial charge in [-0.25, -0.2) is 4.39 Å². The average Bonchev–Trinajstić information content (AvgIpc) is 2.95. The number of hydrogen-bond donors (Lipinski definition) is 0. The fourth-order valence-corrected chi connectivity index (χ4v) is 4.14. The molecule has 1 unspecified atom stereocenters. The third-order valence-corrected chi connectivity index (χ3v) is 5.92. The molecule has 6 heteroatoms. The zero-order valence-electron chi connectivity index (χ0n) is 16.6. The lowest BCUT2D eigenvalue weighted by molar-refractivity contribution is -0.140. The summed E-state index contributed by atoms with van der Waals surface area (Å²) in [4.78, 5) is 28.9. The maximum absolute atomic E-state index is 13.9. The lowest BCUT2D eigenvalue weighted by Crippen LogP contribution is -2.55. The first-order valence-electron chi connectivity index (χ1n) is 10.0. The standard InChI is InChI=1S/C23H25FN2O3/c1-17-8-9-18(14-20(17)24)22(28)25-12-5-10-23(11-13-25)16-26(21(27)15-29-23)19-6-3-2-4-7-19/h2-4,6-9,14H,5,10-13,15-16H2,1H3. The van der Waals surface area contributed by atoms with Crippen molar-refractivity contribution in [2.24, 2.45) is 0 Å². The third-order valence-electron chi connectivity index (χ3n) is 5.92. The highest BCUT2D eigenvalue weighted by Crippen LogP contribution is 2.33. The molecule has 1 spiro atoms. The summed E-state index contributed by atoms with van der Waals surface area (Å²) < 4.78 is 19.9. The van der Waals surface area contributed by atoms with Crippen molar-refractivity contribution >= 4 is 17.5 Å². The number of para-hydroxylation sites is 1. The van der Waals surface area contributed by atoms with Gasteiger partial charge in [-0.2, -0.15) is 0 Å². The zero-order chi connectivity index (χ0) is 20.4. The van der Waals surface area contributed by atoms with Crippen molar-refractivity contribution in [3.05, 3.63) is 65.5 Å². The Morgan fingerprint density at radius 3 is 2.66 bits per heavy atom. The van der Waals surface area contributed by atoms with E-state index in [4.69, 9.17) is 4.74 Å². The zero-order valence-corrected chi connectivity index (χ0v) is 16.6. The Morgan fingerprint density at radius 1 is 1.10 bits per heavy atom. The molecule has 2 aliphatic heterocycles. The number of hydrogen-bond acceptors (Lipinski definition) is 3. The molecular weight excluding hydrogens is 371 g/mol. The number of likely N-dealkylation sites (tertiary alicyclic amines) is 1. The van der Waals surface area contributed by atoms with Crippen LogP contribution in [0, 0.1) is 12.7 Å². The number of halogens is 1. The van der Waals surface area contributed by atoms with E-state index in [2.05, 4.69) is 0 Å². The van der Waals surface area contributed by atoms with Crippen molar-refractivity contribution in [1.82, 2.24) is 4.90 Å². The van der Waals surface area contributed by atoms with E-state index in [1.807, 2.05) is 30.3 Å². The molecule has 0 bridgehead atoms. The van der Waals surface area contributed by atoms with Gasteiger partial charge in [0.05, 0.1) is 12.1 Å². The molecule has 0 radical (unpaired) electrons. The Morgan fingerprint density at radius 2 is 1.90 bits per heavy atom. The second-order valence-electron chi connectivity index (χ2n) is 7.90. The van der Waals surface area contributed by atoms with Crippen molar-refractivity contribution in [3.8, 4) is 0 Å². The number of aryl methyl sites for hydroxylation is 1. The molecule has 2 amide bonds. The van der Waals surface area contributed by atoms with Crippen LogP contribution in [0.1, 0.15) is 35.2 Å². The Labute approximate surface area is 170 Å². The number of benzene rings is 2. The Balaban J connectivity index is 1.48. The minimum absolute atomic E-state index is 0.0471. The average molecular weight is 396 g/mol. The van der Waals surface area contributed by atoms with E-state index in [9.17, 15) is 14.0 Å². The molecular formula is C23H25FN2O3. The SMILES string of the molecule is Cc1ccc(C(=O)N2CCCC3(CC2)CN(c2ccccc2)C(=O)CO3)cc1F. The second-order valence-corrected chi connectivity index (χ2v) is 7.90. The molecule has 2 heterocycles. The largest absolute Gasteiger partial charge is 0.363 e. The predicted octanol–water partition coefficient (Wildman–Crippen LogP) is 3.56. The first-order chi connectivity index (χ1) is 14.0. The highest BCUT2D eigenvalue weighted by Gasteiger charge is 2.42. The minimum Gasteiger partial charge on any atom is -0.363 e. The summed E-state index contributed by atoms with van der Waals surface area (Å²) in [5.74, 6) is -0.573. The van der Waals surface area contributed by atoms with Gasteiger partial charge >= 0.3 is 0 Å². The van der Waals surface area contributed by atoms with Crippen LogP contribution in [0.25, 0.3) is 0 Å².